The van der Waals surface area contributed by atoms with Gasteiger partial charge in [-0.2, -0.15) is 0 Å². The van der Waals surface area contributed by atoms with Gasteiger partial charge in [0.15, 0.2) is 7.85 Å². The van der Waals surface area contributed by atoms with Crippen molar-refractivity contribution in [3.63, 3.8) is 0 Å². The van der Waals surface area contributed by atoms with Gasteiger partial charge in [0, 0.05) is 24.3 Å². The fourth-order valence-electron chi connectivity index (χ4n) is 1.38. The van der Waals surface area contributed by atoms with Crippen LogP contribution in [0.5, 0.6) is 0 Å². The van der Waals surface area contributed by atoms with E-state index >= 15 is 0 Å². The summed E-state index contributed by atoms with van der Waals surface area (Å²) in [6.07, 6.45) is 3.81. The molecule has 0 radical (unpaired) electrons. The van der Waals surface area contributed by atoms with Gasteiger partial charge in [-0.05, 0) is 25.0 Å². The molecular formula is C10H13BF2N2. The topological polar surface area (TPSA) is 24.9 Å². The average Bonchev–Trinajstić information content (AvgIpc) is 2.97. The summed E-state index contributed by atoms with van der Waals surface area (Å²) in [6.45, 7) is 0.578. The lowest BCUT2D eigenvalue weighted by molar-refractivity contribution is 0.0939. The predicted molar refractivity (Wildman–Crippen MR) is 56.5 cm³/mol. The smallest absolute Gasteiger partial charge is 0.231 e. The van der Waals surface area contributed by atoms with E-state index in [1.54, 1.807) is 0 Å². The molecule has 80 valence electrons. The Morgan fingerprint density at radius 1 is 1.53 bits per heavy atom. The Hall–Kier alpha value is -0.965. The highest BCUT2D eigenvalue weighted by Crippen LogP contribution is 2.24. The zero-order valence-corrected chi connectivity index (χ0v) is 8.63. The first-order valence-electron chi connectivity index (χ1n) is 5.12. The van der Waals surface area contributed by atoms with Gasteiger partial charge < -0.3 is 5.32 Å². The molecule has 0 aromatic carbocycles. The molecule has 0 atom stereocenters. The minimum atomic E-state index is -2.78. The van der Waals surface area contributed by atoms with Gasteiger partial charge >= 0.3 is 0 Å². The van der Waals surface area contributed by atoms with Crippen LogP contribution in [0.2, 0.25) is 0 Å². The molecule has 2 rings (SSSR count). The van der Waals surface area contributed by atoms with Crippen LogP contribution in [-0.4, -0.2) is 18.9 Å². The maximum atomic E-state index is 13.0. The fraction of sp³-hybridized carbons (Fsp3) is 0.500. The molecule has 0 bridgehead atoms. The molecule has 0 unspecified atom stereocenters. The maximum Gasteiger partial charge on any atom is 0.231 e. The van der Waals surface area contributed by atoms with E-state index in [4.69, 9.17) is 0 Å². The highest BCUT2D eigenvalue weighted by atomic mass is 19.3. The Kier molecular flexibility index (Phi) is 2.73. The van der Waals surface area contributed by atoms with Crippen LogP contribution in [0.3, 0.4) is 0 Å². The molecule has 0 aliphatic heterocycles. The van der Waals surface area contributed by atoms with Gasteiger partial charge in [0.1, 0.15) is 0 Å². The van der Waals surface area contributed by atoms with Gasteiger partial charge in [0.2, 0.25) is 5.82 Å². The molecule has 0 spiro atoms. The second-order valence-corrected chi connectivity index (χ2v) is 4.08. The van der Waals surface area contributed by atoms with E-state index in [0.29, 0.717) is 18.3 Å². The Labute approximate surface area is 88.5 Å². The van der Waals surface area contributed by atoms with Crippen molar-refractivity contribution in [1.29, 1.82) is 0 Å². The van der Waals surface area contributed by atoms with Gasteiger partial charge in [-0.15, -0.1) is 0 Å². The van der Waals surface area contributed by atoms with E-state index in [-0.39, 0.29) is 5.56 Å². The lowest BCUT2D eigenvalue weighted by atomic mass is 9.91. The molecular weight excluding hydrogens is 197 g/mol. The number of pyridine rings is 1. The maximum absolute atomic E-state index is 13.0. The number of alkyl halides is 2. The van der Waals surface area contributed by atoms with Crippen LogP contribution in [0.4, 0.5) is 8.78 Å². The molecule has 5 heteroatoms. The lowest BCUT2D eigenvalue weighted by Gasteiger charge is -2.11. The van der Waals surface area contributed by atoms with Gasteiger partial charge in [-0.25, -0.2) is 8.78 Å². The quantitative estimate of drug-likeness (QED) is 0.750. The Bertz CT molecular complexity index is 348. The van der Waals surface area contributed by atoms with E-state index in [2.05, 4.69) is 10.3 Å². The Morgan fingerprint density at radius 3 is 2.87 bits per heavy atom. The number of nitrogens with one attached hydrogen (secondary N) is 1. The summed E-state index contributed by atoms with van der Waals surface area (Å²) in [5.41, 5.74) is 0.714. The van der Waals surface area contributed by atoms with Crippen molar-refractivity contribution in [1.82, 2.24) is 10.3 Å². The monoisotopic (exact) mass is 210 g/mol. The summed E-state index contributed by atoms with van der Waals surface area (Å²) in [5, 5.41) is 3.24. The van der Waals surface area contributed by atoms with Crippen LogP contribution in [0.25, 0.3) is 0 Å². The summed E-state index contributed by atoms with van der Waals surface area (Å²) in [4.78, 5) is 4.06. The van der Waals surface area contributed by atoms with E-state index in [0.717, 1.165) is 7.85 Å². The van der Waals surface area contributed by atoms with Gasteiger partial charge in [-0.3, -0.25) is 4.98 Å². The summed E-state index contributed by atoms with van der Waals surface area (Å²) >= 11 is 0. The number of hydrogen-bond acceptors (Lipinski definition) is 2. The first-order chi connectivity index (χ1) is 7.05. The van der Waals surface area contributed by atoms with Crippen molar-refractivity contribution < 1.29 is 8.78 Å². The van der Waals surface area contributed by atoms with Gasteiger partial charge in [0.05, 0.1) is 5.69 Å². The molecule has 1 aliphatic carbocycles. The molecule has 1 aliphatic rings. The minimum Gasteiger partial charge on any atom is -0.308 e. The zero-order chi connectivity index (χ0) is 10.9. The third-order valence-electron chi connectivity index (χ3n) is 2.47. The SMILES string of the molecule is BC(F)(F)c1ccnc(CNC2CC2)c1. The number of hydrogen-bond donors (Lipinski definition) is 1. The lowest BCUT2D eigenvalue weighted by Crippen LogP contribution is -2.18. The van der Waals surface area contributed by atoms with E-state index in [9.17, 15) is 8.78 Å². The number of halogens is 2. The van der Waals surface area contributed by atoms with E-state index < -0.39 is 5.82 Å². The third-order valence-corrected chi connectivity index (χ3v) is 2.47. The van der Waals surface area contributed by atoms with E-state index in [1.807, 2.05) is 0 Å². The largest absolute Gasteiger partial charge is 0.308 e. The molecule has 1 saturated carbocycles. The van der Waals surface area contributed by atoms with Crippen LogP contribution in [0.1, 0.15) is 24.1 Å². The highest BCUT2D eigenvalue weighted by Gasteiger charge is 2.25. The summed E-state index contributed by atoms with van der Waals surface area (Å²) in [6, 6.07) is 3.40. The molecule has 1 heterocycles. The van der Waals surface area contributed by atoms with Crippen LogP contribution in [-0.2, 0) is 12.4 Å². The molecule has 2 nitrogen and oxygen atoms in total. The molecule has 0 amide bonds. The van der Waals surface area contributed by atoms with Crippen LogP contribution >= 0.6 is 0 Å². The van der Waals surface area contributed by atoms with Crippen molar-refractivity contribution in [2.24, 2.45) is 0 Å². The molecule has 1 aromatic heterocycles. The molecule has 15 heavy (non-hydrogen) atoms. The van der Waals surface area contributed by atoms with Gasteiger partial charge in [-0.1, -0.05) is 0 Å². The second-order valence-electron chi connectivity index (χ2n) is 4.08. The molecule has 1 aromatic rings. The van der Waals surface area contributed by atoms with Crippen LogP contribution < -0.4 is 5.32 Å². The zero-order valence-electron chi connectivity index (χ0n) is 8.63. The van der Waals surface area contributed by atoms with Crippen molar-refractivity contribution in [3.8, 4) is 0 Å². The van der Waals surface area contributed by atoms with E-state index in [1.165, 1.54) is 31.2 Å². The predicted octanol–water partition coefficient (Wildman–Crippen LogP) is 1.02. The first-order valence-corrected chi connectivity index (χ1v) is 5.12. The Morgan fingerprint density at radius 2 is 2.27 bits per heavy atom. The highest BCUT2D eigenvalue weighted by molar-refractivity contribution is 6.13. The number of nitrogens with zero attached hydrogens (tertiary/aromatic N) is 1. The third kappa shape index (κ3) is 2.99. The van der Waals surface area contributed by atoms with Gasteiger partial charge in [0.25, 0.3) is 0 Å². The minimum absolute atomic E-state index is 0.0325. The first kappa shape index (κ1) is 10.5. The number of rotatable bonds is 4. The van der Waals surface area contributed by atoms with Crippen molar-refractivity contribution in [2.45, 2.75) is 31.3 Å². The standard InChI is InChI=1S/C10H13BF2N2/c11-10(12,13)7-3-4-14-9(5-7)6-15-8-1-2-8/h3-5,8,15H,1-2,6,11H2. The van der Waals surface area contributed by atoms with Crippen LogP contribution in [0, 0.1) is 0 Å². The van der Waals surface area contributed by atoms with Crippen molar-refractivity contribution in [2.75, 3.05) is 0 Å². The van der Waals surface area contributed by atoms with Crippen LogP contribution in [0.15, 0.2) is 18.3 Å². The number of aromatic nitrogens is 1. The normalized spacial score (nSPS) is 16.7. The fourth-order valence-corrected chi connectivity index (χ4v) is 1.38. The second kappa shape index (κ2) is 3.89. The average molecular weight is 210 g/mol. The Balaban J connectivity index is 2.04. The summed E-state index contributed by atoms with van der Waals surface area (Å²) < 4.78 is 26.0. The van der Waals surface area contributed by atoms with Crippen molar-refractivity contribution in [3.05, 3.63) is 29.6 Å². The molecule has 0 saturated heterocycles. The molecule has 1 N–H and O–H groups in total. The summed E-state index contributed by atoms with van der Waals surface area (Å²) in [7, 11) is 0.903. The summed E-state index contributed by atoms with van der Waals surface area (Å²) in [5.74, 6) is -2.78. The van der Waals surface area contributed by atoms with Crippen molar-refractivity contribution >= 4 is 7.85 Å². The molecule has 1 fully saturated rings.